The third-order valence-electron chi connectivity index (χ3n) is 3.55. The molecule has 1 saturated carbocycles. The Morgan fingerprint density at radius 3 is 2.67 bits per heavy atom. The molecule has 0 aromatic heterocycles. The molecular weight excluding hydrogens is 228 g/mol. The predicted octanol–water partition coefficient (Wildman–Crippen LogP) is 0.964. The Hall–Kier alpha value is -1.39. The molecule has 1 aliphatic carbocycles. The van der Waals surface area contributed by atoms with Gasteiger partial charge in [-0.1, -0.05) is 30.3 Å². The van der Waals surface area contributed by atoms with Crippen LogP contribution in [-0.2, 0) is 4.79 Å². The van der Waals surface area contributed by atoms with Crippen molar-refractivity contribution < 1.29 is 9.90 Å². The highest BCUT2D eigenvalue weighted by atomic mass is 16.3. The van der Waals surface area contributed by atoms with Crippen molar-refractivity contribution in [2.24, 2.45) is 11.7 Å². The summed E-state index contributed by atoms with van der Waals surface area (Å²) in [5.41, 5.74) is 5.98. The van der Waals surface area contributed by atoms with Gasteiger partial charge in [-0.15, -0.1) is 0 Å². The molecule has 4 N–H and O–H groups in total. The monoisotopic (exact) mass is 248 g/mol. The smallest absolute Gasteiger partial charge is 0.240 e. The van der Waals surface area contributed by atoms with Gasteiger partial charge in [0.1, 0.15) is 0 Å². The number of aliphatic hydroxyl groups excluding tert-OH is 1. The fraction of sp³-hybridized carbons (Fsp3) is 0.500. The average molecular weight is 248 g/mol. The zero-order valence-corrected chi connectivity index (χ0v) is 10.6. The predicted molar refractivity (Wildman–Crippen MR) is 69.7 cm³/mol. The molecule has 1 aliphatic rings. The minimum atomic E-state index is -0.809. The van der Waals surface area contributed by atoms with Gasteiger partial charge in [0.05, 0.1) is 11.6 Å². The van der Waals surface area contributed by atoms with E-state index in [2.05, 4.69) is 5.32 Å². The van der Waals surface area contributed by atoms with Gasteiger partial charge < -0.3 is 16.2 Å². The van der Waals surface area contributed by atoms with Crippen LogP contribution in [0.3, 0.4) is 0 Å². The minimum Gasteiger partial charge on any atom is -0.387 e. The number of hydrogen-bond acceptors (Lipinski definition) is 3. The van der Waals surface area contributed by atoms with Gasteiger partial charge >= 0.3 is 0 Å². The van der Waals surface area contributed by atoms with Crippen LogP contribution >= 0.6 is 0 Å². The zero-order chi connectivity index (χ0) is 13.2. The van der Waals surface area contributed by atoms with Crippen LogP contribution < -0.4 is 11.1 Å². The Kier molecular flexibility index (Phi) is 3.68. The SMILES string of the molecule is CC(N)(C(=O)NCC(O)c1ccccc1)C1CC1. The molecule has 18 heavy (non-hydrogen) atoms. The lowest BCUT2D eigenvalue weighted by Crippen LogP contribution is -2.54. The molecule has 2 atom stereocenters. The first kappa shape index (κ1) is 13.1. The number of carbonyl (C=O) groups excluding carboxylic acids is 1. The van der Waals surface area contributed by atoms with E-state index in [0.717, 1.165) is 18.4 Å². The fourth-order valence-electron chi connectivity index (χ4n) is 2.04. The van der Waals surface area contributed by atoms with Crippen LogP contribution in [0.1, 0.15) is 31.4 Å². The van der Waals surface area contributed by atoms with E-state index >= 15 is 0 Å². The third-order valence-corrected chi connectivity index (χ3v) is 3.55. The van der Waals surface area contributed by atoms with Gasteiger partial charge in [0.15, 0.2) is 0 Å². The molecular formula is C14H20N2O2. The Balaban J connectivity index is 1.86. The number of hydrogen-bond donors (Lipinski definition) is 3. The highest BCUT2D eigenvalue weighted by Crippen LogP contribution is 2.38. The van der Waals surface area contributed by atoms with Crippen molar-refractivity contribution in [3.05, 3.63) is 35.9 Å². The van der Waals surface area contributed by atoms with Crippen molar-refractivity contribution in [3.63, 3.8) is 0 Å². The molecule has 1 amide bonds. The highest BCUT2D eigenvalue weighted by Gasteiger charge is 2.43. The van der Waals surface area contributed by atoms with Crippen LogP contribution in [0.5, 0.6) is 0 Å². The second-order valence-corrected chi connectivity index (χ2v) is 5.19. The summed E-state index contributed by atoms with van der Waals surface area (Å²) in [6, 6.07) is 9.27. The molecule has 4 heteroatoms. The van der Waals surface area contributed by atoms with Gasteiger partial charge in [0, 0.05) is 6.54 Å². The first-order chi connectivity index (χ1) is 8.51. The molecule has 2 unspecified atom stereocenters. The van der Waals surface area contributed by atoms with Crippen LogP contribution in [-0.4, -0.2) is 23.1 Å². The van der Waals surface area contributed by atoms with Gasteiger partial charge in [-0.2, -0.15) is 0 Å². The Bertz CT molecular complexity index is 413. The van der Waals surface area contributed by atoms with E-state index in [0.29, 0.717) is 0 Å². The van der Waals surface area contributed by atoms with Gasteiger partial charge in [-0.05, 0) is 31.2 Å². The lowest BCUT2D eigenvalue weighted by atomic mass is 9.96. The summed E-state index contributed by atoms with van der Waals surface area (Å²) >= 11 is 0. The van der Waals surface area contributed by atoms with Gasteiger partial charge in [0.25, 0.3) is 0 Å². The molecule has 1 fully saturated rings. The quantitative estimate of drug-likeness (QED) is 0.726. The summed E-state index contributed by atoms with van der Waals surface area (Å²) in [5.74, 6) is 0.103. The molecule has 0 bridgehead atoms. The second kappa shape index (κ2) is 5.08. The molecule has 0 saturated heterocycles. The molecule has 98 valence electrons. The summed E-state index contributed by atoms with van der Waals surface area (Å²) in [5, 5.41) is 12.7. The van der Waals surface area contributed by atoms with Crippen molar-refractivity contribution in [1.29, 1.82) is 0 Å². The standard InChI is InChI=1S/C14H20N2O2/c1-14(15,11-7-8-11)13(18)16-9-12(17)10-5-3-2-4-6-10/h2-6,11-12,17H,7-9,15H2,1H3,(H,16,18). The molecule has 1 aromatic rings. The number of rotatable bonds is 5. The van der Waals surface area contributed by atoms with E-state index in [-0.39, 0.29) is 18.4 Å². The molecule has 0 heterocycles. The highest BCUT2D eigenvalue weighted by molar-refractivity contribution is 5.86. The first-order valence-corrected chi connectivity index (χ1v) is 6.32. The van der Waals surface area contributed by atoms with E-state index < -0.39 is 11.6 Å². The van der Waals surface area contributed by atoms with Gasteiger partial charge in [-0.3, -0.25) is 4.79 Å². The Morgan fingerprint density at radius 2 is 2.11 bits per heavy atom. The zero-order valence-electron chi connectivity index (χ0n) is 10.6. The fourth-order valence-corrected chi connectivity index (χ4v) is 2.04. The van der Waals surface area contributed by atoms with Gasteiger partial charge in [-0.25, -0.2) is 0 Å². The second-order valence-electron chi connectivity index (χ2n) is 5.19. The maximum absolute atomic E-state index is 11.9. The van der Waals surface area contributed by atoms with Crippen LogP contribution in [0.15, 0.2) is 30.3 Å². The maximum Gasteiger partial charge on any atom is 0.240 e. The maximum atomic E-state index is 11.9. The average Bonchev–Trinajstić information content (AvgIpc) is 3.21. The Labute approximate surface area is 107 Å². The topological polar surface area (TPSA) is 75.4 Å². The summed E-state index contributed by atoms with van der Waals surface area (Å²) in [6.07, 6.45) is 1.34. The summed E-state index contributed by atoms with van der Waals surface area (Å²) < 4.78 is 0. The number of nitrogens with two attached hydrogens (primary N) is 1. The van der Waals surface area contributed by atoms with Crippen molar-refractivity contribution in [2.75, 3.05) is 6.54 Å². The van der Waals surface area contributed by atoms with Crippen molar-refractivity contribution in [3.8, 4) is 0 Å². The lowest BCUT2D eigenvalue weighted by Gasteiger charge is -2.24. The first-order valence-electron chi connectivity index (χ1n) is 6.32. The number of amides is 1. The van der Waals surface area contributed by atoms with Crippen molar-refractivity contribution >= 4 is 5.91 Å². The molecule has 0 radical (unpaired) electrons. The lowest BCUT2D eigenvalue weighted by molar-refractivity contribution is -0.127. The van der Waals surface area contributed by atoms with E-state index in [1.807, 2.05) is 30.3 Å². The number of nitrogens with one attached hydrogen (secondary N) is 1. The normalized spacial score (nSPS) is 19.9. The van der Waals surface area contributed by atoms with E-state index in [1.54, 1.807) is 6.92 Å². The third kappa shape index (κ3) is 2.89. The number of carbonyl (C=O) groups is 1. The van der Waals surface area contributed by atoms with E-state index in [4.69, 9.17) is 5.73 Å². The molecule has 2 rings (SSSR count). The molecule has 0 aliphatic heterocycles. The van der Waals surface area contributed by atoms with Gasteiger partial charge in [0.2, 0.25) is 5.91 Å². The summed E-state index contributed by atoms with van der Waals surface area (Å²) in [7, 11) is 0. The van der Waals surface area contributed by atoms with Crippen LogP contribution in [0.4, 0.5) is 0 Å². The van der Waals surface area contributed by atoms with Crippen LogP contribution in [0.25, 0.3) is 0 Å². The number of aliphatic hydroxyl groups is 1. The van der Waals surface area contributed by atoms with Crippen LogP contribution in [0, 0.1) is 5.92 Å². The van der Waals surface area contributed by atoms with Crippen molar-refractivity contribution in [2.45, 2.75) is 31.4 Å². The van der Waals surface area contributed by atoms with E-state index in [9.17, 15) is 9.90 Å². The summed E-state index contributed by atoms with van der Waals surface area (Å²) in [4.78, 5) is 11.9. The van der Waals surface area contributed by atoms with E-state index in [1.165, 1.54) is 0 Å². The van der Waals surface area contributed by atoms with Crippen LogP contribution in [0.2, 0.25) is 0 Å². The van der Waals surface area contributed by atoms with Crippen molar-refractivity contribution in [1.82, 2.24) is 5.32 Å². The molecule has 4 nitrogen and oxygen atoms in total. The minimum absolute atomic E-state index is 0.181. The number of benzene rings is 1. The molecule has 1 aromatic carbocycles. The molecule has 0 spiro atoms. The summed E-state index contributed by atoms with van der Waals surface area (Å²) in [6.45, 7) is 1.96. The largest absolute Gasteiger partial charge is 0.387 e. The Morgan fingerprint density at radius 1 is 1.50 bits per heavy atom.